The number of benzene rings is 1. The van der Waals surface area contributed by atoms with Gasteiger partial charge in [-0.25, -0.2) is 4.79 Å². The highest BCUT2D eigenvalue weighted by Crippen LogP contribution is 2.25. The van der Waals surface area contributed by atoms with Gasteiger partial charge in [-0.3, -0.25) is 0 Å². The molecule has 1 aromatic carbocycles. The first-order valence-corrected chi connectivity index (χ1v) is 6.87. The Bertz CT molecular complexity index is 465. The van der Waals surface area contributed by atoms with E-state index in [1.165, 1.54) is 0 Å². The first kappa shape index (κ1) is 14.7. The maximum Gasteiger partial charge on any atom is 0.407 e. The van der Waals surface area contributed by atoms with Crippen LogP contribution in [0.15, 0.2) is 24.3 Å². The first-order chi connectivity index (χ1) is 9.35. The minimum Gasteiger partial charge on any atom is -0.508 e. The minimum absolute atomic E-state index is 0.00519. The molecule has 0 spiro atoms. The predicted octanol–water partition coefficient (Wildman–Crippen LogP) is 2.32. The normalized spacial score (nSPS) is 22.6. The quantitative estimate of drug-likeness (QED) is 0.776. The molecule has 1 amide bonds. The highest BCUT2D eigenvalue weighted by Gasteiger charge is 2.30. The molecule has 0 aromatic heterocycles. The zero-order chi connectivity index (χ0) is 14.8. The van der Waals surface area contributed by atoms with Crippen molar-refractivity contribution in [3.63, 3.8) is 0 Å². The number of phenolic OH excluding ortho intramolecular Hbond substituents is 1. The summed E-state index contributed by atoms with van der Waals surface area (Å²) in [4.78, 5) is 11.8. The van der Waals surface area contributed by atoms with E-state index in [4.69, 9.17) is 4.74 Å². The molecule has 1 heterocycles. The second kappa shape index (κ2) is 5.71. The Morgan fingerprint density at radius 1 is 1.35 bits per heavy atom. The largest absolute Gasteiger partial charge is 0.508 e. The van der Waals surface area contributed by atoms with Crippen LogP contribution >= 0.6 is 0 Å². The lowest BCUT2D eigenvalue weighted by atomic mass is 10.0. The van der Waals surface area contributed by atoms with Crippen LogP contribution in [-0.2, 0) is 4.74 Å². The topological polar surface area (TPSA) is 70.6 Å². The number of hydrogen-bond donors (Lipinski definition) is 3. The van der Waals surface area contributed by atoms with Gasteiger partial charge >= 0.3 is 6.09 Å². The van der Waals surface area contributed by atoms with E-state index in [0.29, 0.717) is 0 Å². The summed E-state index contributed by atoms with van der Waals surface area (Å²) in [6, 6.07) is 7.07. The Balaban J connectivity index is 2.00. The van der Waals surface area contributed by atoms with Crippen LogP contribution in [0.5, 0.6) is 5.75 Å². The third-order valence-corrected chi connectivity index (χ3v) is 3.18. The molecule has 0 radical (unpaired) electrons. The van der Waals surface area contributed by atoms with Gasteiger partial charge in [0.1, 0.15) is 11.4 Å². The number of phenols is 1. The molecule has 0 saturated carbocycles. The lowest BCUT2D eigenvalue weighted by molar-refractivity contribution is 0.0500. The molecule has 2 rings (SSSR count). The van der Waals surface area contributed by atoms with Gasteiger partial charge in [-0.2, -0.15) is 0 Å². The van der Waals surface area contributed by atoms with Crippen molar-refractivity contribution in [1.29, 1.82) is 0 Å². The molecule has 1 fully saturated rings. The number of ether oxygens (including phenoxy) is 1. The molecule has 1 aromatic rings. The van der Waals surface area contributed by atoms with Crippen molar-refractivity contribution < 1.29 is 14.6 Å². The monoisotopic (exact) mass is 278 g/mol. The summed E-state index contributed by atoms with van der Waals surface area (Å²) in [5, 5.41) is 15.6. The molecule has 0 unspecified atom stereocenters. The van der Waals surface area contributed by atoms with E-state index in [1.807, 2.05) is 32.9 Å². The lowest BCUT2D eigenvalue weighted by Gasteiger charge is -2.24. The van der Waals surface area contributed by atoms with Crippen molar-refractivity contribution in [1.82, 2.24) is 10.6 Å². The molecule has 1 aliphatic heterocycles. The van der Waals surface area contributed by atoms with E-state index < -0.39 is 11.7 Å². The van der Waals surface area contributed by atoms with Crippen LogP contribution in [-0.4, -0.2) is 29.4 Å². The predicted molar refractivity (Wildman–Crippen MR) is 76.6 cm³/mol. The smallest absolute Gasteiger partial charge is 0.407 e. The second-order valence-corrected chi connectivity index (χ2v) is 6.06. The first-order valence-electron chi connectivity index (χ1n) is 6.87. The average molecular weight is 278 g/mol. The average Bonchev–Trinajstić information content (AvgIpc) is 2.75. The van der Waals surface area contributed by atoms with Crippen molar-refractivity contribution in [3.8, 4) is 5.75 Å². The minimum atomic E-state index is -0.496. The summed E-state index contributed by atoms with van der Waals surface area (Å²) in [7, 11) is 0. The van der Waals surface area contributed by atoms with Crippen LogP contribution in [0.1, 0.15) is 38.8 Å². The molecule has 3 N–H and O–H groups in total. The maximum atomic E-state index is 11.8. The summed E-state index contributed by atoms with van der Waals surface area (Å²) in [5.41, 5.74) is 0.547. The van der Waals surface area contributed by atoms with Crippen LogP contribution in [0, 0.1) is 0 Å². The number of hydrogen-bond acceptors (Lipinski definition) is 4. The van der Waals surface area contributed by atoms with Crippen molar-refractivity contribution in [2.75, 3.05) is 6.54 Å². The van der Waals surface area contributed by atoms with Crippen LogP contribution in [0.3, 0.4) is 0 Å². The van der Waals surface area contributed by atoms with Gasteiger partial charge in [-0.05, 0) is 51.4 Å². The third-order valence-electron chi connectivity index (χ3n) is 3.18. The molecule has 1 aliphatic rings. The number of aromatic hydroxyl groups is 1. The highest BCUT2D eigenvalue weighted by molar-refractivity contribution is 5.68. The lowest BCUT2D eigenvalue weighted by Crippen LogP contribution is -2.41. The molecule has 0 bridgehead atoms. The molecule has 1 saturated heterocycles. The van der Waals surface area contributed by atoms with Gasteiger partial charge in [0, 0.05) is 0 Å². The van der Waals surface area contributed by atoms with E-state index in [-0.39, 0.29) is 17.8 Å². The summed E-state index contributed by atoms with van der Waals surface area (Å²) in [6.07, 6.45) is 0.458. The number of carbonyl (C=O) groups is 1. The fraction of sp³-hybridized carbons (Fsp3) is 0.533. The molecular formula is C15H22N2O3. The number of rotatable bonds is 2. The van der Waals surface area contributed by atoms with Crippen LogP contribution < -0.4 is 10.6 Å². The Labute approximate surface area is 119 Å². The van der Waals surface area contributed by atoms with Gasteiger partial charge in [0.15, 0.2) is 0 Å². The zero-order valence-electron chi connectivity index (χ0n) is 12.1. The van der Waals surface area contributed by atoms with Gasteiger partial charge in [-0.15, -0.1) is 0 Å². The number of amides is 1. The Kier molecular flexibility index (Phi) is 4.18. The SMILES string of the molecule is CC(C)(C)OC(=O)N[C@@H]1CCN[C@H]1c1ccc(O)cc1. The van der Waals surface area contributed by atoms with Gasteiger partial charge in [0.05, 0.1) is 12.1 Å². The van der Waals surface area contributed by atoms with E-state index in [2.05, 4.69) is 10.6 Å². The number of carbonyl (C=O) groups excluding carboxylic acids is 1. The molecule has 2 atom stereocenters. The number of nitrogens with one attached hydrogen (secondary N) is 2. The van der Waals surface area contributed by atoms with Crippen LogP contribution in [0.2, 0.25) is 0 Å². The van der Waals surface area contributed by atoms with E-state index >= 15 is 0 Å². The standard InChI is InChI=1S/C15H22N2O3/c1-15(2,3)20-14(19)17-12-8-9-16-13(12)10-4-6-11(18)7-5-10/h4-7,12-13,16,18H,8-9H2,1-3H3,(H,17,19)/t12-,13+/m1/s1. The molecule has 0 aliphatic carbocycles. The van der Waals surface area contributed by atoms with Crippen LogP contribution in [0.25, 0.3) is 0 Å². The Hall–Kier alpha value is -1.75. The Morgan fingerprint density at radius 3 is 2.60 bits per heavy atom. The molecule has 20 heavy (non-hydrogen) atoms. The fourth-order valence-corrected chi connectivity index (χ4v) is 2.35. The molecule has 5 nitrogen and oxygen atoms in total. The third kappa shape index (κ3) is 3.87. The summed E-state index contributed by atoms with van der Waals surface area (Å²) < 4.78 is 5.29. The molecular weight excluding hydrogens is 256 g/mol. The fourth-order valence-electron chi connectivity index (χ4n) is 2.35. The van der Waals surface area contributed by atoms with Crippen molar-refractivity contribution >= 4 is 6.09 Å². The maximum absolute atomic E-state index is 11.8. The zero-order valence-corrected chi connectivity index (χ0v) is 12.1. The summed E-state index contributed by atoms with van der Waals surface area (Å²) in [6.45, 7) is 6.37. The van der Waals surface area contributed by atoms with Crippen LogP contribution in [0.4, 0.5) is 4.79 Å². The second-order valence-electron chi connectivity index (χ2n) is 6.06. The van der Waals surface area contributed by atoms with E-state index in [1.54, 1.807) is 12.1 Å². The summed E-state index contributed by atoms with van der Waals surface area (Å²) >= 11 is 0. The Morgan fingerprint density at radius 2 is 2.00 bits per heavy atom. The number of alkyl carbamates (subject to hydrolysis) is 1. The molecule has 5 heteroatoms. The van der Waals surface area contributed by atoms with Crippen molar-refractivity contribution in [2.24, 2.45) is 0 Å². The van der Waals surface area contributed by atoms with E-state index in [0.717, 1.165) is 18.5 Å². The summed E-state index contributed by atoms with van der Waals surface area (Å²) in [5.74, 6) is 0.239. The highest BCUT2D eigenvalue weighted by atomic mass is 16.6. The van der Waals surface area contributed by atoms with Gasteiger partial charge in [0.25, 0.3) is 0 Å². The van der Waals surface area contributed by atoms with Gasteiger partial charge < -0.3 is 20.5 Å². The molecule has 110 valence electrons. The van der Waals surface area contributed by atoms with Crippen molar-refractivity contribution in [2.45, 2.75) is 44.9 Å². The van der Waals surface area contributed by atoms with Gasteiger partial charge in [0.2, 0.25) is 0 Å². The van der Waals surface area contributed by atoms with E-state index in [9.17, 15) is 9.90 Å². The van der Waals surface area contributed by atoms with Gasteiger partial charge in [-0.1, -0.05) is 12.1 Å². The van der Waals surface area contributed by atoms with Crippen molar-refractivity contribution in [3.05, 3.63) is 29.8 Å².